The van der Waals surface area contributed by atoms with Gasteiger partial charge in [0.2, 0.25) is 0 Å². The zero-order valence-electron chi connectivity index (χ0n) is 7.58. The molecular formula is C9H9ClFNO3. The highest BCUT2D eigenvalue weighted by atomic mass is 35.5. The van der Waals surface area contributed by atoms with Crippen molar-refractivity contribution in [2.24, 2.45) is 5.73 Å². The molecule has 0 bridgehead atoms. The lowest BCUT2D eigenvalue weighted by Crippen LogP contribution is -2.17. The van der Waals surface area contributed by atoms with Gasteiger partial charge in [0.1, 0.15) is 11.6 Å². The molecule has 0 aliphatic rings. The molecule has 0 aromatic heterocycles. The van der Waals surface area contributed by atoms with Crippen molar-refractivity contribution in [2.75, 3.05) is 0 Å². The highest BCUT2D eigenvalue weighted by Crippen LogP contribution is 2.33. The number of benzene rings is 1. The molecule has 0 aliphatic heterocycles. The maximum Gasteiger partial charge on any atom is 0.305 e. The first-order valence-electron chi connectivity index (χ1n) is 4.07. The molecule has 4 nitrogen and oxygen atoms in total. The predicted molar refractivity (Wildman–Crippen MR) is 52.3 cm³/mol. The van der Waals surface area contributed by atoms with Crippen LogP contribution in [0.15, 0.2) is 12.1 Å². The lowest BCUT2D eigenvalue weighted by molar-refractivity contribution is -0.137. The van der Waals surface area contributed by atoms with E-state index in [1.165, 1.54) is 0 Å². The molecule has 0 aliphatic carbocycles. The minimum atomic E-state index is -1.17. The number of rotatable bonds is 3. The molecule has 0 saturated carbocycles. The third kappa shape index (κ3) is 2.57. The molecule has 4 N–H and O–H groups in total. The summed E-state index contributed by atoms with van der Waals surface area (Å²) in [4.78, 5) is 10.4. The number of halogens is 2. The first kappa shape index (κ1) is 11.7. The lowest BCUT2D eigenvalue weighted by Gasteiger charge is -2.13. The Morgan fingerprint density at radius 2 is 2.20 bits per heavy atom. The zero-order valence-corrected chi connectivity index (χ0v) is 8.33. The standard InChI is InChI=1S/C9H9ClFNO3/c10-9-6(13)2-1-4(11)8(9)5(12)3-7(14)15/h1-2,5,13H,3,12H2,(H,14,15). The van der Waals surface area contributed by atoms with E-state index >= 15 is 0 Å². The molecule has 6 heteroatoms. The second kappa shape index (κ2) is 4.46. The van der Waals surface area contributed by atoms with Crippen molar-refractivity contribution < 1.29 is 19.4 Å². The molecule has 0 spiro atoms. The first-order chi connectivity index (χ1) is 6.93. The molecule has 15 heavy (non-hydrogen) atoms. The second-order valence-corrected chi connectivity index (χ2v) is 3.38. The molecule has 1 aromatic carbocycles. The van der Waals surface area contributed by atoms with E-state index in [1.54, 1.807) is 0 Å². The number of nitrogens with two attached hydrogens (primary N) is 1. The SMILES string of the molecule is NC(CC(=O)O)c1c(F)ccc(O)c1Cl. The molecule has 1 atom stereocenters. The van der Waals surface area contributed by atoms with Crippen molar-refractivity contribution in [1.29, 1.82) is 0 Å². The second-order valence-electron chi connectivity index (χ2n) is 3.00. The van der Waals surface area contributed by atoms with Crippen LogP contribution in [0.25, 0.3) is 0 Å². The van der Waals surface area contributed by atoms with Crippen molar-refractivity contribution in [3.05, 3.63) is 28.5 Å². The molecule has 1 rings (SSSR count). The van der Waals surface area contributed by atoms with Gasteiger partial charge in [0.25, 0.3) is 0 Å². The van der Waals surface area contributed by atoms with Gasteiger partial charge in [-0.3, -0.25) is 4.79 Å². The number of carboxylic acid groups (broad SMARTS) is 1. The van der Waals surface area contributed by atoms with Crippen LogP contribution >= 0.6 is 11.6 Å². The molecule has 0 amide bonds. The van der Waals surface area contributed by atoms with Crippen molar-refractivity contribution >= 4 is 17.6 Å². The third-order valence-electron chi connectivity index (χ3n) is 1.87. The minimum Gasteiger partial charge on any atom is -0.506 e. The van der Waals surface area contributed by atoms with E-state index in [-0.39, 0.29) is 16.3 Å². The average Bonchev–Trinajstić information content (AvgIpc) is 2.11. The van der Waals surface area contributed by atoms with Crippen molar-refractivity contribution in [3.63, 3.8) is 0 Å². The number of aliphatic carboxylic acids is 1. The van der Waals surface area contributed by atoms with Crippen LogP contribution in [0, 0.1) is 5.82 Å². The van der Waals surface area contributed by atoms with Gasteiger partial charge in [-0.05, 0) is 12.1 Å². The van der Waals surface area contributed by atoms with Crippen LogP contribution in [0.1, 0.15) is 18.0 Å². The van der Waals surface area contributed by atoms with Crippen LogP contribution in [-0.2, 0) is 4.79 Å². The molecular weight excluding hydrogens is 225 g/mol. The van der Waals surface area contributed by atoms with E-state index in [4.69, 9.17) is 22.4 Å². The number of phenolic OH excluding ortho intramolecular Hbond substituents is 1. The van der Waals surface area contributed by atoms with E-state index in [1.807, 2.05) is 0 Å². The summed E-state index contributed by atoms with van der Waals surface area (Å²) >= 11 is 5.61. The zero-order chi connectivity index (χ0) is 11.6. The molecule has 0 fully saturated rings. The van der Waals surface area contributed by atoms with Crippen LogP contribution in [0.5, 0.6) is 5.75 Å². The van der Waals surface area contributed by atoms with Gasteiger partial charge in [0.05, 0.1) is 11.4 Å². The summed E-state index contributed by atoms with van der Waals surface area (Å²) < 4.78 is 13.3. The average molecular weight is 234 g/mol. The number of carbonyl (C=O) groups is 1. The smallest absolute Gasteiger partial charge is 0.305 e. The highest BCUT2D eigenvalue weighted by Gasteiger charge is 2.20. The van der Waals surface area contributed by atoms with Crippen molar-refractivity contribution in [1.82, 2.24) is 0 Å². The normalized spacial score (nSPS) is 12.5. The van der Waals surface area contributed by atoms with Crippen molar-refractivity contribution in [2.45, 2.75) is 12.5 Å². The summed E-state index contributed by atoms with van der Waals surface area (Å²) in [5.74, 6) is -2.22. The summed E-state index contributed by atoms with van der Waals surface area (Å²) in [6.07, 6.45) is -0.458. The minimum absolute atomic E-state index is 0.181. The Balaban J connectivity index is 3.12. The van der Waals surface area contributed by atoms with E-state index < -0.39 is 24.2 Å². The Bertz CT molecular complexity index is 397. The lowest BCUT2D eigenvalue weighted by atomic mass is 10.0. The van der Waals surface area contributed by atoms with Crippen LogP contribution in [0.2, 0.25) is 5.02 Å². The summed E-state index contributed by atoms with van der Waals surface area (Å²) in [5.41, 5.74) is 5.27. The Hall–Kier alpha value is -1.33. The van der Waals surface area contributed by atoms with Gasteiger partial charge in [0, 0.05) is 11.6 Å². The van der Waals surface area contributed by atoms with Crippen LogP contribution < -0.4 is 5.73 Å². The predicted octanol–water partition coefficient (Wildman–Crippen LogP) is 1.66. The van der Waals surface area contributed by atoms with Gasteiger partial charge >= 0.3 is 5.97 Å². The number of hydrogen-bond acceptors (Lipinski definition) is 3. The summed E-state index contributed by atoms with van der Waals surface area (Å²) in [7, 11) is 0. The monoisotopic (exact) mass is 233 g/mol. The fraction of sp³-hybridized carbons (Fsp3) is 0.222. The maximum absolute atomic E-state index is 13.3. The van der Waals surface area contributed by atoms with Gasteiger partial charge in [-0.1, -0.05) is 11.6 Å². The number of aromatic hydroxyl groups is 1. The van der Waals surface area contributed by atoms with E-state index in [0.29, 0.717) is 0 Å². The van der Waals surface area contributed by atoms with Crippen LogP contribution in [0.3, 0.4) is 0 Å². The fourth-order valence-electron chi connectivity index (χ4n) is 1.19. The molecule has 0 saturated heterocycles. The van der Waals surface area contributed by atoms with Gasteiger partial charge in [0.15, 0.2) is 0 Å². The molecule has 0 radical (unpaired) electrons. The Kier molecular flexibility index (Phi) is 3.49. The van der Waals surface area contributed by atoms with Crippen molar-refractivity contribution in [3.8, 4) is 5.75 Å². The van der Waals surface area contributed by atoms with Gasteiger partial charge < -0.3 is 15.9 Å². The number of hydrogen-bond donors (Lipinski definition) is 3. The molecule has 0 heterocycles. The summed E-state index contributed by atoms with van der Waals surface area (Å²) in [6.45, 7) is 0. The van der Waals surface area contributed by atoms with Crippen LogP contribution in [-0.4, -0.2) is 16.2 Å². The summed E-state index contributed by atoms with van der Waals surface area (Å²) in [5, 5.41) is 17.4. The van der Waals surface area contributed by atoms with Crippen LogP contribution in [0.4, 0.5) is 4.39 Å². The topological polar surface area (TPSA) is 83.6 Å². The molecule has 1 unspecified atom stereocenters. The number of phenols is 1. The molecule has 1 aromatic rings. The fourth-order valence-corrected chi connectivity index (χ4v) is 1.48. The van der Waals surface area contributed by atoms with E-state index in [0.717, 1.165) is 12.1 Å². The summed E-state index contributed by atoms with van der Waals surface area (Å²) in [6, 6.07) is 0.981. The van der Waals surface area contributed by atoms with E-state index in [2.05, 4.69) is 0 Å². The Morgan fingerprint density at radius 1 is 1.60 bits per heavy atom. The highest BCUT2D eigenvalue weighted by molar-refractivity contribution is 6.32. The van der Waals surface area contributed by atoms with E-state index in [9.17, 15) is 14.3 Å². The third-order valence-corrected chi connectivity index (χ3v) is 2.27. The number of carboxylic acids is 1. The largest absolute Gasteiger partial charge is 0.506 e. The quantitative estimate of drug-likeness (QED) is 0.741. The van der Waals surface area contributed by atoms with Gasteiger partial charge in [-0.15, -0.1) is 0 Å². The maximum atomic E-state index is 13.3. The first-order valence-corrected chi connectivity index (χ1v) is 4.45. The van der Waals surface area contributed by atoms with Gasteiger partial charge in [-0.2, -0.15) is 0 Å². The Labute approximate surface area is 90.1 Å². The molecule has 82 valence electrons. The van der Waals surface area contributed by atoms with Gasteiger partial charge in [-0.25, -0.2) is 4.39 Å². The Morgan fingerprint density at radius 3 is 2.73 bits per heavy atom.